The van der Waals surface area contributed by atoms with Gasteiger partial charge in [-0.2, -0.15) is 0 Å². The van der Waals surface area contributed by atoms with E-state index in [2.05, 4.69) is 0 Å². The smallest absolute Gasteiger partial charge is 0.331 e. The molecule has 7 nitrogen and oxygen atoms in total. The summed E-state index contributed by atoms with van der Waals surface area (Å²) in [6.07, 6.45) is 2.96. The molecule has 0 aromatic heterocycles. The minimum absolute atomic E-state index is 0.0190. The summed E-state index contributed by atoms with van der Waals surface area (Å²) in [4.78, 5) is 25.5. The molecule has 9 heteroatoms. The highest BCUT2D eigenvalue weighted by Gasteiger charge is 2.26. The molecule has 146 valence electrons. The zero-order valence-corrected chi connectivity index (χ0v) is 15.5. The number of nitrogens with two attached hydrogens (primary N) is 1. The van der Waals surface area contributed by atoms with Gasteiger partial charge in [-0.05, 0) is 54.0 Å². The second kappa shape index (κ2) is 7.91. The molecule has 1 amide bonds. The highest BCUT2D eigenvalue weighted by atomic mass is 32.2. The van der Waals surface area contributed by atoms with Crippen molar-refractivity contribution in [3.8, 4) is 0 Å². The molecule has 2 aromatic carbocycles. The lowest BCUT2D eigenvalue weighted by atomic mass is 10.2. The number of rotatable bonds is 5. The van der Waals surface area contributed by atoms with E-state index in [1.807, 2.05) is 0 Å². The molecule has 2 aromatic rings. The molecule has 1 heterocycles. The number of carbonyl (C=O) groups excluding carboxylic acids is 2. The Kier molecular flexibility index (Phi) is 5.57. The van der Waals surface area contributed by atoms with Crippen molar-refractivity contribution in [2.24, 2.45) is 5.14 Å². The van der Waals surface area contributed by atoms with Crippen LogP contribution in [0.2, 0.25) is 0 Å². The Labute approximate surface area is 161 Å². The molecule has 0 fully saturated rings. The normalized spacial score (nSPS) is 13.6. The Morgan fingerprint density at radius 1 is 1.21 bits per heavy atom. The van der Waals surface area contributed by atoms with Crippen molar-refractivity contribution in [2.45, 2.75) is 11.3 Å². The summed E-state index contributed by atoms with van der Waals surface area (Å²) in [6, 6.07) is 9.94. The number of fused-ring (bicyclic) bond motifs is 1. The van der Waals surface area contributed by atoms with E-state index in [1.165, 1.54) is 47.4 Å². The maximum absolute atomic E-state index is 13.1. The quantitative estimate of drug-likeness (QED) is 0.602. The van der Waals surface area contributed by atoms with E-state index in [4.69, 9.17) is 9.88 Å². The number of hydrogen-bond acceptors (Lipinski definition) is 5. The third-order valence-electron chi connectivity index (χ3n) is 4.17. The van der Waals surface area contributed by atoms with Crippen LogP contribution in [-0.2, 0) is 30.8 Å². The molecule has 0 spiro atoms. The van der Waals surface area contributed by atoms with Gasteiger partial charge in [0.2, 0.25) is 10.0 Å². The van der Waals surface area contributed by atoms with E-state index < -0.39 is 34.3 Å². The van der Waals surface area contributed by atoms with E-state index in [0.717, 1.165) is 6.08 Å². The van der Waals surface area contributed by atoms with E-state index in [9.17, 15) is 22.4 Å². The third-order valence-corrected chi connectivity index (χ3v) is 5.09. The second-order valence-corrected chi connectivity index (χ2v) is 7.69. The summed E-state index contributed by atoms with van der Waals surface area (Å²) in [5.41, 5.74) is 1.73. The summed E-state index contributed by atoms with van der Waals surface area (Å²) >= 11 is 0. The Hall–Kier alpha value is -3.04. The zero-order valence-electron chi connectivity index (χ0n) is 14.7. The van der Waals surface area contributed by atoms with E-state index in [-0.39, 0.29) is 4.90 Å². The molecule has 3 rings (SSSR count). The van der Waals surface area contributed by atoms with Crippen molar-refractivity contribution in [2.75, 3.05) is 18.1 Å². The van der Waals surface area contributed by atoms with Gasteiger partial charge >= 0.3 is 5.97 Å². The van der Waals surface area contributed by atoms with Crippen LogP contribution >= 0.6 is 0 Å². The number of primary sulfonamides is 1. The fraction of sp³-hybridized carbons (Fsp3) is 0.158. The molecule has 1 aliphatic heterocycles. The van der Waals surface area contributed by atoms with E-state index in [1.54, 1.807) is 6.07 Å². The predicted molar refractivity (Wildman–Crippen MR) is 100 cm³/mol. The summed E-state index contributed by atoms with van der Waals surface area (Å²) in [6.45, 7) is -0.123. The van der Waals surface area contributed by atoms with Crippen molar-refractivity contribution in [1.82, 2.24) is 0 Å². The van der Waals surface area contributed by atoms with Crippen LogP contribution < -0.4 is 10.0 Å². The average molecular weight is 404 g/mol. The maximum atomic E-state index is 13.1. The van der Waals surface area contributed by atoms with Gasteiger partial charge in [0, 0.05) is 18.3 Å². The highest BCUT2D eigenvalue weighted by Crippen LogP contribution is 2.30. The fourth-order valence-corrected chi connectivity index (χ4v) is 3.41. The van der Waals surface area contributed by atoms with Crippen molar-refractivity contribution in [1.29, 1.82) is 0 Å². The van der Waals surface area contributed by atoms with Crippen molar-refractivity contribution in [3.05, 3.63) is 65.5 Å². The Morgan fingerprint density at radius 2 is 2.00 bits per heavy atom. The zero-order chi connectivity index (χ0) is 20.3. The van der Waals surface area contributed by atoms with E-state index >= 15 is 0 Å². The largest absolute Gasteiger partial charge is 0.452 e. The van der Waals surface area contributed by atoms with Crippen LogP contribution in [0.3, 0.4) is 0 Å². The second-order valence-electron chi connectivity index (χ2n) is 6.13. The molecular weight excluding hydrogens is 387 g/mol. The minimum atomic E-state index is -3.82. The van der Waals surface area contributed by atoms with Gasteiger partial charge in [-0.1, -0.05) is 12.1 Å². The summed E-state index contributed by atoms with van der Waals surface area (Å²) < 4.78 is 40.9. The number of ether oxygens (including phenoxy) is 1. The van der Waals surface area contributed by atoms with E-state index in [0.29, 0.717) is 29.8 Å². The molecule has 1 aliphatic rings. The number of benzene rings is 2. The lowest BCUT2D eigenvalue weighted by Crippen LogP contribution is -2.33. The van der Waals surface area contributed by atoms with Gasteiger partial charge in [0.25, 0.3) is 5.91 Å². The minimum Gasteiger partial charge on any atom is -0.452 e. The molecule has 0 aliphatic carbocycles. The Bertz CT molecular complexity index is 1070. The van der Waals surface area contributed by atoms with Crippen LogP contribution in [0.1, 0.15) is 11.1 Å². The van der Waals surface area contributed by atoms with Gasteiger partial charge in [-0.15, -0.1) is 0 Å². The molecule has 0 radical (unpaired) electrons. The van der Waals surface area contributed by atoms with Crippen LogP contribution in [-0.4, -0.2) is 33.4 Å². The molecule has 28 heavy (non-hydrogen) atoms. The Morgan fingerprint density at radius 3 is 2.71 bits per heavy atom. The lowest BCUT2D eigenvalue weighted by molar-refractivity contribution is -0.142. The SMILES string of the molecule is NS(=O)(=O)c1ccc2c(c1)CCN2C(=O)COC(=O)/C=C/c1cccc(F)c1. The van der Waals surface area contributed by atoms with Crippen LogP contribution in [0.25, 0.3) is 6.08 Å². The number of sulfonamides is 1. The van der Waals surface area contributed by atoms with Crippen molar-refractivity contribution >= 4 is 33.7 Å². The number of amides is 1. The van der Waals surface area contributed by atoms with Gasteiger partial charge in [0.1, 0.15) is 5.82 Å². The van der Waals surface area contributed by atoms with Gasteiger partial charge in [0.15, 0.2) is 6.61 Å². The highest BCUT2D eigenvalue weighted by molar-refractivity contribution is 7.89. The van der Waals surface area contributed by atoms with Crippen LogP contribution in [0.15, 0.2) is 53.4 Å². The summed E-state index contributed by atoms with van der Waals surface area (Å²) in [5.74, 6) is -1.60. The van der Waals surface area contributed by atoms with Gasteiger partial charge in [0.05, 0.1) is 4.90 Å². The van der Waals surface area contributed by atoms with Gasteiger partial charge < -0.3 is 9.64 Å². The van der Waals surface area contributed by atoms with Gasteiger partial charge in [-0.25, -0.2) is 22.7 Å². The molecule has 2 N–H and O–H groups in total. The van der Waals surface area contributed by atoms with Crippen LogP contribution in [0.4, 0.5) is 10.1 Å². The third kappa shape index (κ3) is 4.62. The number of esters is 1. The first kappa shape index (κ1) is 19.7. The van der Waals surface area contributed by atoms with Crippen LogP contribution in [0, 0.1) is 5.82 Å². The van der Waals surface area contributed by atoms with Crippen molar-refractivity contribution < 1.29 is 27.1 Å². The predicted octanol–water partition coefficient (Wildman–Crippen LogP) is 1.62. The first-order chi connectivity index (χ1) is 13.2. The average Bonchev–Trinajstić information content (AvgIpc) is 3.07. The summed E-state index contributed by atoms with van der Waals surface area (Å²) in [7, 11) is -3.82. The fourth-order valence-electron chi connectivity index (χ4n) is 2.85. The first-order valence-corrected chi connectivity index (χ1v) is 9.85. The first-order valence-electron chi connectivity index (χ1n) is 8.30. The number of anilines is 1. The molecule has 0 atom stereocenters. The molecule has 0 bridgehead atoms. The summed E-state index contributed by atoms with van der Waals surface area (Å²) in [5, 5.41) is 5.11. The number of hydrogen-bond donors (Lipinski definition) is 1. The van der Waals surface area contributed by atoms with Crippen LogP contribution in [0.5, 0.6) is 0 Å². The monoisotopic (exact) mass is 404 g/mol. The topological polar surface area (TPSA) is 107 Å². The lowest BCUT2D eigenvalue weighted by Gasteiger charge is -2.17. The van der Waals surface area contributed by atoms with Gasteiger partial charge in [-0.3, -0.25) is 4.79 Å². The van der Waals surface area contributed by atoms with Crippen molar-refractivity contribution in [3.63, 3.8) is 0 Å². The number of nitrogens with zero attached hydrogens (tertiary/aromatic N) is 1. The molecule has 0 saturated heterocycles. The number of carbonyl (C=O) groups is 2. The Balaban J connectivity index is 1.60. The standard InChI is InChI=1S/C19H17FN2O5S/c20-15-3-1-2-13(10-15)4-7-19(24)27-12-18(23)22-9-8-14-11-16(28(21,25)26)5-6-17(14)22/h1-7,10-11H,8-9,12H2,(H2,21,25,26)/b7-4+. The maximum Gasteiger partial charge on any atom is 0.331 e. The molecule has 0 saturated carbocycles. The molecular formula is C19H17FN2O5S. The molecule has 0 unspecified atom stereocenters. The number of halogens is 1.